The van der Waals surface area contributed by atoms with E-state index in [0.717, 1.165) is 5.41 Å². The summed E-state index contributed by atoms with van der Waals surface area (Å²) in [4.78, 5) is 11.3. The molecule has 8 heteroatoms. The number of hydrogen-bond acceptors (Lipinski definition) is 4. The molecule has 0 saturated heterocycles. The van der Waals surface area contributed by atoms with Crippen LogP contribution >= 0.6 is 11.6 Å². The van der Waals surface area contributed by atoms with Crippen molar-refractivity contribution < 1.29 is 17.9 Å². The van der Waals surface area contributed by atoms with Gasteiger partial charge in [-0.15, -0.1) is 0 Å². The van der Waals surface area contributed by atoms with Crippen LogP contribution in [0.25, 0.3) is 6.08 Å². The van der Waals surface area contributed by atoms with Crippen molar-refractivity contribution in [3.63, 3.8) is 0 Å². The molecular formula is C17H17ClN2O4S. The molecule has 2 rings (SSSR count). The van der Waals surface area contributed by atoms with Crippen molar-refractivity contribution in [2.75, 3.05) is 16.6 Å². The molecular weight excluding hydrogens is 364 g/mol. The molecule has 0 aromatic heterocycles. The molecule has 25 heavy (non-hydrogen) atoms. The second kappa shape index (κ2) is 8.55. The van der Waals surface area contributed by atoms with E-state index in [-0.39, 0.29) is 6.61 Å². The molecule has 0 spiro atoms. The Balaban J connectivity index is 2.00. The number of benzene rings is 2. The molecule has 0 aliphatic rings. The zero-order valence-corrected chi connectivity index (χ0v) is 15.0. The van der Waals surface area contributed by atoms with Gasteiger partial charge in [-0.2, -0.15) is 0 Å². The topological polar surface area (TPSA) is 84.5 Å². The van der Waals surface area contributed by atoms with Gasteiger partial charge in [-0.25, -0.2) is 13.2 Å². The molecule has 0 atom stereocenters. The van der Waals surface area contributed by atoms with Gasteiger partial charge in [0.15, 0.2) is 0 Å². The summed E-state index contributed by atoms with van der Waals surface area (Å²) in [7, 11) is -3.66. The highest BCUT2D eigenvalue weighted by Gasteiger charge is 2.07. The van der Waals surface area contributed by atoms with E-state index >= 15 is 0 Å². The molecule has 2 N–H and O–H groups in total. The van der Waals surface area contributed by atoms with Gasteiger partial charge in [-0.05, 0) is 55.0 Å². The van der Waals surface area contributed by atoms with Crippen LogP contribution in [-0.2, 0) is 14.8 Å². The predicted molar refractivity (Wildman–Crippen MR) is 100 cm³/mol. The van der Waals surface area contributed by atoms with Crippen molar-refractivity contribution in [1.29, 1.82) is 0 Å². The summed E-state index contributed by atoms with van der Waals surface area (Å²) in [5.74, 6) is 0. The number of sulfonamides is 1. The van der Waals surface area contributed by atoms with Gasteiger partial charge in [0, 0.05) is 16.4 Å². The Hall–Kier alpha value is -2.51. The fraction of sp³-hybridized carbons (Fsp3) is 0.118. The smallest absolute Gasteiger partial charge is 0.411 e. The highest BCUT2D eigenvalue weighted by Crippen LogP contribution is 2.16. The molecule has 0 saturated carbocycles. The van der Waals surface area contributed by atoms with E-state index in [2.05, 4.69) is 10.0 Å². The van der Waals surface area contributed by atoms with Crippen LogP contribution in [0.4, 0.5) is 16.2 Å². The fourth-order valence-corrected chi connectivity index (χ4v) is 2.84. The number of hydrogen-bond donors (Lipinski definition) is 2. The summed E-state index contributed by atoms with van der Waals surface area (Å²) < 4.78 is 31.3. The number of amides is 1. The molecule has 0 unspecified atom stereocenters. The van der Waals surface area contributed by atoms with E-state index in [1.165, 1.54) is 18.2 Å². The number of anilines is 2. The lowest BCUT2D eigenvalue weighted by atomic mass is 10.2. The molecule has 0 radical (unpaired) electrons. The Morgan fingerprint density at radius 1 is 1.08 bits per heavy atom. The van der Waals surface area contributed by atoms with Gasteiger partial charge >= 0.3 is 6.09 Å². The van der Waals surface area contributed by atoms with Gasteiger partial charge in [0.25, 0.3) is 10.0 Å². The average molecular weight is 381 g/mol. The van der Waals surface area contributed by atoms with Gasteiger partial charge in [0.1, 0.15) is 0 Å². The number of halogens is 1. The molecule has 2 aromatic rings. The van der Waals surface area contributed by atoms with Crippen molar-refractivity contribution in [3.05, 3.63) is 64.5 Å². The average Bonchev–Trinajstić information content (AvgIpc) is 2.56. The van der Waals surface area contributed by atoms with Crippen LogP contribution in [0.1, 0.15) is 12.5 Å². The lowest BCUT2D eigenvalue weighted by molar-refractivity contribution is 0.168. The number of carbonyl (C=O) groups excluding carboxylic acids is 1. The van der Waals surface area contributed by atoms with Crippen LogP contribution in [0.15, 0.2) is 53.9 Å². The fourth-order valence-electron chi connectivity index (χ4n) is 1.85. The lowest BCUT2D eigenvalue weighted by Crippen LogP contribution is -2.13. The number of ether oxygens (including phenoxy) is 1. The summed E-state index contributed by atoms with van der Waals surface area (Å²) >= 11 is 5.78. The van der Waals surface area contributed by atoms with Gasteiger partial charge in [0.05, 0.1) is 12.0 Å². The predicted octanol–water partition coefficient (Wildman–Crippen LogP) is 4.32. The number of carbonyl (C=O) groups is 1. The minimum absolute atomic E-state index is 0.268. The molecule has 6 nitrogen and oxygen atoms in total. The highest BCUT2D eigenvalue weighted by molar-refractivity contribution is 7.95. The first-order chi connectivity index (χ1) is 11.9. The van der Waals surface area contributed by atoms with Crippen molar-refractivity contribution in [1.82, 2.24) is 0 Å². The van der Waals surface area contributed by atoms with Gasteiger partial charge in [-0.3, -0.25) is 10.0 Å². The third-order valence-electron chi connectivity index (χ3n) is 2.98. The molecule has 0 aliphatic heterocycles. The Bertz CT molecular complexity index is 847. The van der Waals surface area contributed by atoms with E-state index in [9.17, 15) is 13.2 Å². The molecule has 2 aromatic carbocycles. The first-order valence-electron chi connectivity index (χ1n) is 7.38. The van der Waals surface area contributed by atoms with Crippen molar-refractivity contribution >= 4 is 45.2 Å². The summed E-state index contributed by atoms with van der Waals surface area (Å²) in [5.41, 5.74) is 1.58. The van der Waals surface area contributed by atoms with Crippen LogP contribution in [0.5, 0.6) is 0 Å². The van der Waals surface area contributed by atoms with Crippen LogP contribution in [0, 0.1) is 0 Å². The zero-order valence-electron chi connectivity index (χ0n) is 13.4. The lowest BCUT2D eigenvalue weighted by Gasteiger charge is -2.07. The summed E-state index contributed by atoms with van der Waals surface area (Å²) in [5, 5.41) is 4.17. The van der Waals surface area contributed by atoms with E-state index in [0.29, 0.717) is 22.0 Å². The van der Waals surface area contributed by atoms with Gasteiger partial charge in [-0.1, -0.05) is 23.7 Å². The Morgan fingerprint density at radius 3 is 2.28 bits per heavy atom. The van der Waals surface area contributed by atoms with E-state index in [1.54, 1.807) is 43.3 Å². The monoisotopic (exact) mass is 380 g/mol. The van der Waals surface area contributed by atoms with Crippen molar-refractivity contribution in [2.45, 2.75) is 6.92 Å². The zero-order chi connectivity index (χ0) is 18.3. The van der Waals surface area contributed by atoms with Crippen LogP contribution in [-0.4, -0.2) is 21.1 Å². The van der Waals surface area contributed by atoms with E-state index in [4.69, 9.17) is 16.3 Å². The Labute approximate surface area is 151 Å². The molecule has 0 aliphatic carbocycles. The normalized spacial score (nSPS) is 11.3. The molecule has 132 valence electrons. The Kier molecular flexibility index (Phi) is 6.44. The second-order valence-electron chi connectivity index (χ2n) is 4.92. The summed E-state index contributed by atoms with van der Waals surface area (Å²) in [6.07, 6.45) is 0.900. The van der Waals surface area contributed by atoms with Crippen LogP contribution in [0.2, 0.25) is 5.02 Å². The van der Waals surface area contributed by atoms with Crippen molar-refractivity contribution in [3.8, 4) is 0 Å². The molecule has 0 fully saturated rings. The maximum Gasteiger partial charge on any atom is 0.411 e. The quantitative estimate of drug-likeness (QED) is 0.781. The molecule has 0 bridgehead atoms. The van der Waals surface area contributed by atoms with E-state index in [1.807, 2.05) is 0 Å². The largest absolute Gasteiger partial charge is 0.450 e. The maximum absolute atomic E-state index is 12.1. The second-order valence-corrected chi connectivity index (χ2v) is 6.93. The molecule has 1 amide bonds. The van der Waals surface area contributed by atoms with Gasteiger partial charge < -0.3 is 4.74 Å². The first kappa shape index (κ1) is 18.8. The van der Waals surface area contributed by atoms with E-state index < -0.39 is 16.1 Å². The standard InChI is InChI=1S/C17H17ClN2O4S/c1-2-24-17(21)19-15-7-9-16(10-8-15)20-25(22,23)12-11-13-3-5-14(18)6-4-13/h3-12,20H,2H2,1H3,(H,19,21)/b12-11+. The summed E-state index contributed by atoms with van der Waals surface area (Å²) in [6, 6.07) is 13.0. The molecule has 0 heterocycles. The summed E-state index contributed by atoms with van der Waals surface area (Å²) in [6.45, 7) is 1.97. The maximum atomic E-state index is 12.1. The van der Waals surface area contributed by atoms with Gasteiger partial charge in [0.2, 0.25) is 0 Å². The van der Waals surface area contributed by atoms with Crippen LogP contribution < -0.4 is 10.0 Å². The number of nitrogens with one attached hydrogen (secondary N) is 2. The third kappa shape index (κ3) is 6.48. The SMILES string of the molecule is CCOC(=O)Nc1ccc(NS(=O)(=O)/C=C/c2ccc(Cl)cc2)cc1. The minimum Gasteiger partial charge on any atom is -0.450 e. The number of rotatable bonds is 6. The Morgan fingerprint density at radius 2 is 1.68 bits per heavy atom. The highest BCUT2D eigenvalue weighted by atomic mass is 35.5. The third-order valence-corrected chi connectivity index (χ3v) is 4.24. The minimum atomic E-state index is -3.66. The van der Waals surface area contributed by atoms with Crippen LogP contribution in [0.3, 0.4) is 0 Å². The first-order valence-corrected chi connectivity index (χ1v) is 9.31. The van der Waals surface area contributed by atoms with Crippen molar-refractivity contribution in [2.24, 2.45) is 0 Å².